The van der Waals surface area contributed by atoms with E-state index in [1.807, 2.05) is 6.92 Å². The normalized spacial score (nSPS) is 12.4. The SMILES string of the molecule is CCCc1nocc1C(=O)c1ccc(C(F)(F)F)cc1S(C)(=O)=O. The van der Waals surface area contributed by atoms with Crippen LogP contribution in [-0.4, -0.2) is 25.6 Å². The molecule has 0 aliphatic carbocycles. The molecule has 0 saturated heterocycles. The van der Waals surface area contributed by atoms with Gasteiger partial charge in [0.2, 0.25) is 0 Å². The summed E-state index contributed by atoms with van der Waals surface area (Å²) >= 11 is 0. The number of halogens is 3. The molecule has 5 nitrogen and oxygen atoms in total. The zero-order valence-corrected chi connectivity index (χ0v) is 13.7. The summed E-state index contributed by atoms with van der Waals surface area (Å²) in [6, 6.07) is 2.01. The van der Waals surface area contributed by atoms with Crippen molar-refractivity contribution in [2.45, 2.75) is 30.8 Å². The minimum absolute atomic E-state index is 0.0431. The molecule has 0 aliphatic heterocycles. The molecule has 2 rings (SSSR count). The molecule has 0 saturated carbocycles. The van der Waals surface area contributed by atoms with Crippen molar-refractivity contribution in [2.24, 2.45) is 0 Å². The Labute approximate surface area is 136 Å². The number of rotatable bonds is 5. The quantitative estimate of drug-likeness (QED) is 0.764. The van der Waals surface area contributed by atoms with Crippen molar-refractivity contribution in [1.29, 1.82) is 0 Å². The van der Waals surface area contributed by atoms with Crippen molar-refractivity contribution in [3.63, 3.8) is 0 Å². The molecule has 1 aromatic heterocycles. The number of alkyl halides is 3. The first-order valence-electron chi connectivity index (χ1n) is 6.95. The molecule has 0 atom stereocenters. The Morgan fingerprint density at radius 2 is 1.92 bits per heavy atom. The van der Waals surface area contributed by atoms with Gasteiger partial charge in [0.1, 0.15) is 6.26 Å². The predicted octanol–water partition coefficient (Wildman–Crippen LogP) is 3.28. The summed E-state index contributed by atoms with van der Waals surface area (Å²) in [7, 11) is -4.05. The van der Waals surface area contributed by atoms with Crippen LogP contribution in [0.1, 0.15) is 40.5 Å². The minimum atomic E-state index is -4.72. The number of sulfone groups is 1. The van der Waals surface area contributed by atoms with E-state index in [9.17, 15) is 26.4 Å². The number of hydrogen-bond acceptors (Lipinski definition) is 5. The summed E-state index contributed by atoms with van der Waals surface area (Å²) in [6.45, 7) is 1.85. The fraction of sp³-hybridized carbons (Fsp3) is 0.333. The molecule has 0 N–H and O–H groups in total. The van der Waals surface area contributed by atoms with Crippen LogP contribution in [0.2, 0.25) is 0 Å². The fourth-order valence-electron chi connectivity index (χ4n) is 2.20. The third-order valence-electron chi connectivity index (χ3n) is 3.33. The molecule has 0 spiro atoms. The highest BCUT2D eigenvalue weighted by Crippen LogP contribution is 2.32. The van der Waals surface area contributed by atoms with Crippen LogP contribution in [0.5, 0.6) is 0 Å². The molecule has 24 heavy (non-hydrogen) atoms. The third kappa shape index (κ3) is 3.66. The summed E-state index contributed by atoms with van der Waals surface area (Å²) in [6.07, 6.45) is -1.81. The van der Waals surface area contributed by atoms with Gasteiger partial charge in [0.25, 0.3) is 0 Å². The van der Waals surface area contributed by atoms with Crippen LogP contribution in [-0.2, 0) is 22.4 Å². The lowest BCUT2D eigenvalue weighted by molar-refractivity contribution is -0.137. The number of carbonyl (C=O) groups is 1. The fourth-order valence-corrected chi connectivity index (χ4v) is 3.10. The lowest BCUT2D eigenvalue weighted by Crippen LogP contribution is -2.13. The van der Waals surface area contributed by atoms with Crippen LogP contribution in [0.15, 0.2) is 33.9 Å². The van der Waals surface area contributed by atoms with E-state index < -0.39 is 32.3 Å². The molecule has 0 radical (unpaired) electrons. The van der Waals surface area contributed by atoms with Crippen LogP contribution in [0.3, 0.4) is 0 Å². The number of carbonyl (C=O) groups excluding carboxylic acids is 1. The number of aryl methyl sites for hydroxylation is 1. The lowest BCUT2D eigenvalue weighted by Gasteiger charge is -2.11. The number of nitrogens with zero attached hydrogens (tertiary/aromatic N) is 1. The van der Waals surface area contributed by atoms with Gasteiger partial charge in [0, 0.05) is 11.8 Å². The molecule has 1 aromatic carbocycles. The van der Waals surface area contributed by atoms with E-state index in [1.165, 1.54) is 0 Å². The second kappa shape index (κ2) is 6.39. The first kappa shape index (κ1) is 18.2. The highest BCUT2D eigenvalue weighted by atomic mass is 32.2. The van der Waals surface area contributed by atoms with Gasteiger partial charge < -0.3 is 4.52 Å². The average Bonchev–Trinajstić information content (AvgIpc) is 2.92. The monoisotopic (exact) mass is 361 g/mol. The van der Waals surface area contributed by atoms with Crippen molar-refractivity contribution in [2.75, 3.05) is 6.26 Å². The molecule has 0 aliphatic rings. The van der Waals surface area contributed by atoms with Gasteiger partial charge in [-0.25, -0.2) is 8.42 Å². The first-order chi connectivity index (χ1) is 11.1. The second-order valence-corrected chi connectivity index (χ2v) is 7.22. The van der Waals surface area contributed by atoms with E-state index in [4.69, 9.17) is 4.52 Å². The van der Waals surface area contributed by atoms with Crippen LogP contribution in [0.25, 0.3) is 0 Å². The Kier molecular flexibility index (Phi) is 4.84. The molecule has 9 heteroatoms. The van der Waals surface area contributed by atoms with Crippen LogP contribution in [0.4, 0.5) is 13.2 Å². The zero-order chi connectivity index (χ0) is 18.1. The predicted molar refractivity (Wildman–Crippen MR) is 78.5 cm³/mol. The molecular weight excluding hydrogens is 347 g/mol. The molecule has 0 fully saturated rings. The number of hydrogen-bond donors (Lipinski definition) is 0. The Bertz CT molecular complexity index is 869. The van der Waals surface area contributed by atoms with Crippen molar-refractivity contribution in [1.82, 2.24) is 5.16 Å². The van der Waals surface area contributed by atoms with E-state index in [-0.39, 0.29) is 11.1 Å². The first-order valence-corrected chi connectivity index (χ1v) is 8.84. The van der Waals surface area contributed by atoms with E-state index in [1.54, 1.807) is 0 Å². The van der Waals surface area contributed by atoms with Crippen LogP contribution in [0, 0.1) is 0 Å². The Balaban J connectivity index is 2.61. The molecular formula is C15H14F3NO4S. The molecule has 0 amide bonds. The summed E-state index contributed by atoms with van der Waals surface area (Å²) in [5.74, 6) is -0.742. The topological polar surface area (TPSA) is 77.2 Å². The largest absolute Gasteiger partial charge is 0.416 e. The maximum Gasteiger partial charge on any atom is 0.416 e. The van der Waals surface area contributed by atoms with Crippen molar-refractivity contribution < 1.29 is 30.9 Å². The molecule has 1 heterocycles. The highest BCUT2D eigenvalue weighted by molar-refractivity contribution is 7.90. The second-order valence-electron chi connectivity index (χ2n) is 5.23. The van der Waals surface area contributed by atoms with E-state index in [0.717, 1.165) is 18.6 Å². The molecule has 0 unspecified atom stereocenters. The number of ketones is 1. The van der Waals surface area contributed by atoms with Crippen molar-refractivity contribution in [3.8, 4) is 0 Å². The van der Waals surface area contributed by atoms with Crippen molar-refractivity contribution >= 4 is 15.6 Å². The Hall–Kier alpha value is -2.16. The smallest absolute Gasteiger partial charge is 0.364 e. The summed E-state index contributed by atoms with van der Waals surface area (Å²) in [5.41, 5.74) is -1.10. The average molecular weight is 361 g/mol. The van der Waals surface area contributed by atoms with Gasteiger partial charge >= 0.3 is 6.18 Å². The van der Waals surface area contributed by atoms with Gasteiger partial charge in [0.05, 0.1) is 21.7 Å². The van der Waals surface area contributed by atoms with Gasteiger partial charge in [-0.15, -0.1) is 0 Å². The molecule has 0 bridgehead atoms. The number of benzene rings is 1. The zero-order valence-electron chi connectivity index (χ0n) is 12.8. The van der Waals surface area contributed by atoms with Gasteiger partial charge in [0.15, 0.2) is 15.6 Å². The maximum absolute atomic E-state index is 12.8. The molecule has 2 aromatic rings. The van der Waals surface area contributed by atoms with Crippen molar-refractivity contribution in [3.05, 3.63) is 46.8 Å². The third-order valence-corrected chi connectivity index (χ3v) is 4.47. The van der Waals surface area contributed by atoms with E-state index >= 15 is 0 Å². The summed E-state index contributed by atoms with van der Waals surface area (Å²) in [5, 5.41) is 3.68. The Morgan fingerprint density at radius 1 is 1.25 bits per heavy atom. The van der Waals surface area contributed by atoms with Gasteiger partial charge in [-0.2, -0.15) is 13.2 Å². The van der Waals surface area contributed by atoms with Crippen LogP contribution < -0.4 is 0 Å². The Morgan fingerprint density at radius 3 is 2.46 bits per heavy atom. The lowest BCUT2D eigenvalue weighted by atomic mass is 10.0. The summed E-state index contributed by atoms with van der Waals surface area (Å²) in [4.78, 5) is 11.9. The number of aromatic nitrogens is 1. The van der Waals surface area contributed by atoms with Crippen LogP contribution >= 0.6 is 0 Å². The standard InChI is InChI=1S/C15H14F3NO4S/c1-3-4-12-11(8-23-19-12)14(20)10-6-5-9(15(16,17)18)7-13(10)24(2,21)22/h5-8H,3-4H2,1-2H3. The molecule has 130 valence electrons. The van der Waals surface area contributed by atoms with E-state index in [2.05, 4.69) is 5.16 Å². The summed E-state index contributed by atoms with van der Waals surface area (Å²) < 4.78 is 66.9. The highest BCUT2D eigenvalue weighted by Gasteiger charge is 2.33. The van der Waals surface area contributed by atoms with Gasteiger partial charge in [-0.05, 0) is 24.6 Å². The van der Waals surface area contributed by atoms with Gasteiger partial charge in [-0.1, -0.05) is 18.5 Å². The minimum Gasteiger partial charge on any atom is -0.364 e. The van der Waals surface area contributed by atoms with E-state index in [0.29, 0.717) is 30.7 Å². The maximum atomic E-state index is 12.8. The van der Waals surface area contributed by atoms with Gasteiger partial charge in [-0.3, -0.25) is 4.79 Å².